The van der Waals surface area contributed by atoms with Gasteiger partial charge in [0.05, 0.1) is 11.3 Å². The number of esters is 1. The van der Waals surface area contributed by atoms with Gasteiger partial charge in [0.2, 0.25) is 10.0 Å². The van der Waals surface area contributed by atoms with Gasteiger partial charge in [-0.25, -0.2) is 17.9 Å². The maximum atomic E-state index is 12.6. The van der Waals surface area contributed by atoms with Crippen molar-refractivity contribution in [1.82, 2.24) is 4.72 Å². The van der Waals surface area contributed by atoms with E-state index < -0.39 is 21.6 Å². The smallest absolute Gasteiger partial charge is 0.336 e. The molecule has 0 spiro atoms. The second-order valence-corrected chi connectivity index (χ2v) is 11.7. The zero-order chi connectivity index (χ0) is 25.0. The Kier molecular flexibility index (Phi) is 8.72. The molecular formula is C24H25Br2NO6S. The molecule has 7 nitrogen and oxygen atoms in total. The second kappa shape index (κ2) is 11.2. The highest BCUT2D eigenvalue weighted by Gasteiger charge is 2.21. The van der Waals surface area contributed by atoms with Gasteiger partial charge in [0.25, 0.3) is 0 Å². The molecule has 0 aliphatic rings. The molecule has 1 heterocycles. The number of benzene rings is 2. The first-order valence-corrected chi connectivity index (χ1v) is 14.1. The largest absolute Gasteiger partial charge is 0.426 e. The molecule has 0 saturated carbocycles. The van der Waals surface area contributed by atoms with Crippen molar-refractivity contribution < 1.29 is 22.4 Å². The molecule has 0 radical (unpaired) electrons. The average Bonchev–Trinajstić information content (AvgIpc) is 2.77. The minimum Gasteiger partial charge on any atom is -0.426 e. The van der Waals surface area contributed by atoms with E-state index in [0.29, 0.717) is 28.6 Å². The molecule has 3 aromatic rings. The second-order valence-electron chi connectivity index (χ2n) is 8.01. The summed E-state index contributed by atoms with van der Waals surface area (Å²) < 4.78 is 38.4. The standard InChI is InChI=1S/C24H25Br2NO6S/c1-14-4-6-19(7-5-14)34(30,31)27-9-8-21(28)32-23-16(3)24-20(15(2)10-22(29)33-24)12-17(23)11-18(26)13-25/h4-7,10,12,18,27H,8-9,11,13H2,1-3H3/t18-/m1/s1. The summed E-state index contributed by atoms with van der Waals surface area (Å²) >= 11 is 7.02. The van der Waals surface area contributed by atoms with Crippen molar-refractivity contribution in [3.63, 3.8) is 0 Å². The molecule has 0 aliphatic carbocycles. The minimum atomic E-state index is -3.74. The summed E-state index contributed by atoms with van der Waals surface area (Å²) in [5, 5.41) is 1.45. The van der Waals surface area contributed by atoms with Gasteiger partial charge in [-0.15, -0.1) is 0 Å². The number of sulfonamides is 1. The zero-order valence-electron chi connectivity index (χ0n) is 19.0. The third-order valence-electron chi connectivity index (χ3n) is 5.28. The van der Waals surface area contributed by atoms with Crippen LogP contribution in [0.2, 0.25) is 0 Å². The molecule has 0 unspecified atom stereocenters. The molecule has 3 rings (SSSR count). The van der Waals surface area contributed by atoms with Gasteiger partial charge in [0, 0.05) is 33.7 Å². The highest BCUT2D eigenvalue weighted by atomic mass is 79.9. The maximum absolute atomic E-state index is 12.6. The number of halogens is 2. The number of aryl methyl sites for hydroxylation is 3. The lowest BCUT2D eigenvalue weighted by molar-refractivity contribution is -0.134. The molecule has 0 saturated heterocycles. The summed E-state index contributed by atoms with van der Waals surface area (Å²) in [6.07, 6.45) is 0.388. The number of fused-ring (bicyclic) bond motifs is 1. The molecule has 0 aliphatic heterocycles. The van der Waals surface area contributed by atoms with E-state index in [1.54, 1.807) is 19.1 Å². The van der Waals surface area contributed by atoms with Crippen molar-refractivity contribution in [3.05, 3.63) is 69.1 Å². The number of hydrogen-bond donors (Lipinski definition) is 1. The number of ether oxygens (including phenoxy) is 1. The number of rotatable bonds is 9. The number of carbonyl (C=O) groups is 1. The summed E-state index contributed by atoms with van der Waals surface area (Å²) in [5.74, 6) is -0.284. The van der Waals surface area contributed by atoms with E-state index in [0.717, 1.165) is 22.1 Å². The quantitative estimate of drug-likeness (QED) is 0.162. The van der Waals surface area contributed by atoms with Gasteiger partial charge >= 0.3 is 11.6 Å². The van der Waals surface area contributed by atoms with Crippen molar-refractivity contribution in [2.45, 2.75) is 43.3 Å². The molecule has 34 heavy (non-hydrogen) atoms. The van der Waals surface area contributed by atoms with Crippen LogP contribution in [0.15, 0.2) is 50.5 Å². The molecule has 182 valence electrons. The van der Waals surface area contributed by atoms with Crippen LogP contribution in [-0.4, -0.2) is 31.1 Å². The van der Waals surface area contributed by atoms with E-state index in [1.165, 1.54) is 18.2 Å². The lowest BCUT2D eigenvalue weighted by Crippen LogP contribution is -2.27. The Morgan fingerprint density at radius 2 is 1.82 bits per heavy atom. The SMILES string of the molecule is Cc1ccc(S(=O)(=O)NCCC(=O)Oc2c(C[C@@H](Br)CBr)cc3c(C)cc(=O)oc3c2C)cc1. The van der Waals surface area contributed by atoms with Crippen LogP contribution < -0.4 is 15.1 Å². The Balaban J connectivity index is 1.81. The van der Waals surface area contributed by atoms with E-state index in [2.05, 4.69) is 36.6 Å². The van der Waals surface area contributed by atoms with Crippen molar-refractivity contribution >= 4 is 58.8 Å². The van der Waals surface area contributed by atoms with Gasteiger partial charge in [0.1, 0.15) is 11.3 Å². The molecule has 2 aromatic carbocycles. The van der Waals surface area contributed by atoms with Crippen LogP contribution in [0.3, 0.4) is 0 Å². The van der Waals surface area contributed by atoms with Gasteiger partial charge in [-0.05, 0) is 56.5 Å². The van der Waals surface area contributed by atoms with Gasteiger partial charge in [-0.2, -0.15) is 0 Å². The number of nitrogens with one attached hydrogen (secondary N) is 1. The van der Waals surface area contributed by atoms with Crippen molar-refractivity contribution in [3.8, 4) is 5.75 Å². The maximum Gasteiger partial charge on any atom is 0.336 e. The summed E-state index contributed by atoms with van der Waals surface area (Å²) in [6.45, 7) is 5.30. The monoisotopic (exact) mass is 613 g/mol. The van der Waals surface area contributed by atoms with Crippen LogP contribution in [0.1, 0.15) is 28.7 Å². The highest BCUT2D eigenvalue weighted by molar-refractivity contribution is 9.12. The van der Waals surface area contributed by atoms with Crippen LogP contribution >= 0.6 is 31.9 Å². The fourth-order valence-corrected chi connectivity index (χ4v) is 5.11. The summed E-state index contributed by atoms with van der Waals surface area (Å²) in [5.41, 5.74) is 2.90. The minimum absolute atomic E-state index is 0.0825. The van der Waals surface area contributed by atoms with E-state index >= 15 is 0 Å². The van der Waals surface area contributed by atoms with Crippen LogP contribution in [0, 0.1) is 20.8 Å². The molecule has 1 N–H and O–H groups in total. The number of hydrogen-bond acceptors (Lipinski definition) is 6. The normalized spacial score (nSPS) is 12.6. The lowest BCUT2D eigenvalue weighted by Gasteiger charge is -2.17. The van der Waals surface area contributed by atoms with Gasteiger partial charge < -0.3 is 9.15 Å². The van der Waals surface area contributed by atoms with Crippen LogP contribution in [0.4, 0.5) is 0 Å². The predicted molar refractivity (Wildman–Crippen MR) is 139 cm³/mol. The van der Waals surface area contributed by atoms with Gasteiger partial charge in [0.15, 0.2) is 0 Å². The molecule has 0 bridgehead atoms. The summed E-state index contributed by atoms with van der Waals surface area (Å²) in [7, 11) is -3.74. The Morgan fingerprint density at radius 3 is 2.47 bits per heavy atom. The Labute approximate surface area is 215 Å². The van der Waals surface area contributed by atoms with Gasteiger partial charge in [-0.1, -0.05) is 49.6 Å². The lowest BCUT2D eigenvalue weighted by atomic mass is 9.99. The first-order chi connectivity index (χ1) is 16.0. The Morgan fingerprint density at radius 1 is 1.15 bits per heavy atom. The number of alkyl halides is 2. The first kappa shape index (κ1) is 26.6. The van der Waals surface area contributed by atoms with Crippen LogP contribution in [0.25, 0.3) is 11.0 Å². The summed E-state index contributed by atoms with van der Waals surface area (Å²) in [6, 6.07) is 9.72. The zero-order valence-corrected chi connectivity index (χ0v) is 23.0. The summed E-state index contributed by atoms with van der Waals surface area (Å²) in [4.78, 5) is 24.8. The molecule has 10 heteroatoms. The average molecular weight is 615 g/mol. The van der Waals surface area contributed by atoms with Crippen molar-refractivity contribution in [2.24, 2.45) is 0 Å². The van der Waals surface area contributed by atoms with Crippen molar-refractivity contribution in [2.75, 3.05) is 11.9 Å². The number of carbonyl (C=O) groups excluding carboxylic acids is 1. The van der Waals surface area contributed by atoms with E-state index in [1.807, 2.05) is 19.9 Å². The topological polar surface area (TPSA) is 103 Å². The Bertz CT molecular complexity index is 1370. The van der Waals surface area contributed by atoms with Crippen LogP contribution in [0.5, 0.6) is 5.75 Å². The van der Waals surface area contributed by atoms with E-state index in [9.17, 15) is 18.0 Å². The fraction of sp³-hybridized carbons (Fsp3) is 0.333. The fourth-order valence-electron chi connectivity index (χ4n) is 3.50. The van der Waals surface area contributed by atoms with Crippen LogP contribution in [-0.2, 0) is 21.2 Å². The van der Waals surface area contributed by atoms with Crippen molar-refractivity contribution in [1.29, 1.82) is 0 Å². The molecule has 0 amide bonds. The van der Waals surface area contributed by atoms with E-state index in [-0.39, 0.29) is 22.7 Å². The molecule has 1 aromatic heterocycles. The third-order valence-corrected chi connectivity index (χ3v) is 9.05. The predicted octanol–water partition coefficient (Wildman–Crippen LogP) is 4.69. The highest BCUT2D eigenvalue weighted by Crippen LogP contribution is 2.34. The Hall–Kier alpha value is -2.01. The van der Waals surface area contributed by atoms with E-state index in [4.69, 9.17) is 9.15 Å². The van der Waals surface area contributed by atoms with Gasteiger partial charge in [-0.3, -0.25) is 4.79 Å². The molecule has 1 atom stereocenters. The molecule has 0 fully saturated rings. The molecular weight excluding hydrogens is 590 g/mol. The third kappa shape index (κ3) is 6.35. The first-order valence-electron chi connectivity index (χ1n) is 10.6.